The zero-order valence-electron chi connectivity index (χ0n) is 10.7. The van der Waals surface area contributed by atoms with E-state index < -0.39 is 5.54 Å². The first-order valence-corrected chi connectivity index (χ1v) is 6.53. The lowest BCUT2D eigenvalue weighted by molar-refractivity contribution is 0.203. The van der Waals surface area contributed by atoms with Crippen molar-refractivity contribution >= 4 is 0 Å². The van der Waals surface area contributed by atoms with Crippen LogP contribution in [0.4, 0.5) is 0 Å². The summed E-state index contributed by atoms with van der Waals surface area (Å²) in [7, 11) is 0. The lowest BCUT2D eigenvalue weighted by atomic mass is 9.60. The molecule has 0 radical (unpaired) electrons. The number of aromatic amines is 1. The lowest BCUT2D eigenvalue weighted by Gasteiger charge is -2.48. The maximum Gasteiger partial charge on any atom is 0.248 e. The number of fused-ring (bicyclic) bond motifs is 4. The molecule has 2 bridgehead atoms. The van der Waals surface area contributed by atoms with Crippen LogP contribution >= 0.6 is 0 Å². The monoisotopic (exact) mass is 258 g/mol. The number of aliphatic hydroxyl groups is 1. The van der Waals surface area contributed by atoms with Crippen LogP contribution in [0.15, 0.2) is 41.2 Å². The molecule has 1 aromatic rings. The number of aromatic nitrogens is 1. The van der Waals surface area contributed by atoms with Crippen molar-refractivity contribution in [1.29, 1.82) is 0 Å². The maximum atomic E-state index is 11.5. The van der Waals surface area contributed by atoms with Crippen molar-refractivity contribution in [2.24, 2.45) is 17.6 Å². The van der Waals surface area contributed by atoms with Crippen LogP contribution in [0.5, 0.6) is 0 Å². The average molecular weight is 258 g/mol. The summed E-state index contributed by atoms with van der Waals surface area (Å²) in [4.78, 5) is 14.4. The molecule has 2 aliphatic carbocycles. The van der Waals surface area contributed by atoms with E-state index in [0.717, 1.165) is 23.3 Å². The number of hydrogen-bond acceptors (Lipinski definition) is 3. The van der Waals surface area contributed by atoms with Gasteiger partial charge in [-0.3, -0.25) is 4.79 Å². The van der Waals surface area contributed by atoms with Crippen LogP contribution in [0.3, 0.4) is 0 Å². The highest BCUT2D eigenvalue weighted by Crippen LogP contribution is 2.48. The molecule has 0 amide bonds. The molecule has 100 valence electrons. The smallest absolute Gasteiger partial charge is 0.248 e. The van der Waals surface area contributed by atoms with Gasteiger partial charge in [0, 0.05) is 17.7 Å². The number of H-pyrrole nitrogens is 1. The normalized spacial score (nSPS) is 32.4. The molecule has 0 fully saturated rings. The Labute approximate surface area is 111 Å². The molecule has 1 aromatic heterocycles. The highest BCUT2D eigenvalue weighted by Gasteiger charge is 2.47. The van der Waals surface area contributed by atoms with Gasteiger partial charge in [0.2, 0.25) is 5.56 Å². The van der Waals surface area contributed by atoms with E-state index in [1.807, 2.05) is 12.1 Å². The van der Waals surface area contributed by atoms with E-state index in [9.17, 15) is 9.90 Å². The topological polar surface area (TPSA) is 79.1 Å². The second kappa shape index (κ2) is 4.18. The minimum absolute atomic E-state index is 0.0397. The first-order valence-electron chi connectivity index (χ1n) is 6.53. The Morgan fingerprint density at radius 2 is 2.37 bits per heavy atom. The van der Waals surface area contributed by atoms with Crippen molar-refractivity contribution in [2.75, 3.05) is 6.61 Å². The molecule has 0 aliphatic heterocycles. The van der Waals surface area contributed by atoms with Crippen molar-refractivity contribution in [3.8, 4) is 0 Å². The van der Waals surface area contributed by atoms with Crippen molar-refractivity contribution in [1.82, 2.24) is 4.98 Å². The van der Waals surface area contributed by atoms with Gasteiger partial charge in [-0.1, -0.05) is 12.2 Å². The number of hydrogen-bond donors (Lipinski definition) is 3. The molecular formula is C15H18N2O2. The van der Waals surface area contributed by atoms with Gasteiger partial charge >= 0.3 is 0 Å². The summed E-state index contributed by atoms with van der Waals surface area (Å²) >= 11 is 0. The third-order valence-electron chi connectivity index (χ3n) is 4.42. The molecule has 0 saturated heterocycles. The minimum atomic E-state index is -0.572. The first kappa shape index (κ1) is 12.4. The Morgan fingerprint density at radius 1 is 1.58 bits per heavy atom. The number of aliphatic hydroxyl groups excluding tert-OH is 1. The van der Waals surface area contributed by atoms with Crippen molar-refractivity contribution in [3.05, 3.63) is 58.0 Å². The van der Waals surface area contributed by atoms with Gasteiger partial charge in [0.1, 0.15) is 0 Å². The van der Waals surface area contributed by atoms with Crippen LogP contribution in [0.2, 0.25) is 0 Å². The summed E-state index contributed by atoms with van der Waals surface area (Å²) in [5.41, 5.74) is 8.85. The highest BCUT2D eigenvalue weighted by atomic mass is 16.3. The number of pyridine rings is 1. The minimum Gasteiger partial charge on any atom is -0.392 e. The Morgan fingerprint density at radius 3 is 3.05 bits per heavy atom. The Bertz CT molecular complexity index is 617. The molecule has 4 heteroatoms. The molecule has 4 N–H and O–H groups in total. The molecule has 3 rings (SSSR count). The highest BCUT2D eigenvalue weighted by molar-refractivity contribution is 5.40. The van der Waals surface area contributed by atoms with Crippen LogP contribution < -0.4 is 11.3 Å². The van der Waals surface area contributed by atoms with Gasteiger partial charge in [0.15, 0.2) is 0 Å². The largest absolute Gasteiger partial charge is 0.392 e. The van der Waals surface area contributed by atoms with E-state index in [1.165, 1.54) is 6.07 Å². The van der Waals surface area contributed by atoms with Crippen LogP contribution in [-0.2, 0) is 12.0 Å². The van der Waals surface area contributed by atoms with E-state index >= 15 is 0 Å². The number of allylic oxidation sites excluding steroid dienone is 1. The Balaban J connectivity index is 2.20. The second-order valence-electron chi connectivity index (χ2n) is 5.54. The Kier molecular flexibility index (Phi) is 2.73. The fourth-order valence-electron chi connectivity index (χ4n) is 3.65. The molecule has 0 spiro atoms. The SMILES string of the molecule is C=C[C@@H]1[C@H]2C=C(CO)C[C@]1(N)c1ccc(=O)[nH]c1C2. The molecule has 2 aliphatic rings. The van der Waals surface area contributed by atoms with E-state index in [2.05, 4.69) is 17.6 Å². The fraction of sp³-hybridized carbons (Fsp3) is 0.400. The van der Waals surface area contributed by atoms with Gasteiger partial charge in [-0.25, -0.2) is 0 Å². The molecule has 1 heterocycles. The van der Waals surface area contributed by atoms with Gasteiger partial charge in [-0.15, -0.1) is 6.58 Å². The third kappa shape index (κ3) is 1.71. The summed E-state index contributed by atoms with van der Waals surface area (Å²) in [6.45, 7) is 3.95. The number of nitrogens with one attached hydrogen (secondary N) is 1. The molecule has 0 saturated carbocycles. The van der Waals surface area contributed by atoms with E-state index in [0.29, 0.717) is 6.42 Å². The summed E-state index contributed by atoms with van der Waals surface area (Å²) in [5, 5.41) is 9.40. The quantitative estimate of drug-likeness (QED) is 0.687. The summed E-state index contributed by atoms with van der Waals surface area (Å²) in [5.74, 6) is 0.338. The van der Waals surface area contributed by atoms with Gasteiger partial charge in [0.05, 0.1) is 12.1 Å². The third-order valence-corrected chi connectivity index (χ3v) is 4.42. The predicted molar refractivity (Wildman–Crippen MR) is 73.6 cm³/mol. The van der Waals surface area contributed by atoms with Crippen LogP contribution in [0.25, 0.3) is 0 Å². The van der Waals surface area contributed by atoms with Gasteiger partial charge in [-0.2, -0.15) is 0 Å². The van der Waals surface area contributed by atoms with Gasteiger partial charge in [0.25, 0.3) is 0 Å². The second-order valence-corrected chi connectivity index (χ2v) is 5.54. The average Bonchev–Trinajstić information content (AvgIpc) is 2.37. The molecule has 3 atom stereocenters. The first-order chi connectivity index (χ1) is 9.08. The van der Waals surface area contributed by atoms with Crippen molar-refractivity contribution < 1.29 is 5.11 Å². The molecular weight excluding hydrogens is 240 g/mol. The number of rotatable bonds is 2. The summed E-state index contributed by atoms with van der Waals surface area (Å²) in [6, 6.07) is 3.34. The molecule has 0 aromatic carbocycles. The van der Waals surface area contributed by atoms with Crippen molar-refractivity contribution in [3.63, 3.8) is 0 Å². The fourth-order valence-corrected chi connectivity index (χ4v) is 3.65. The lowest BCUT2D eigenvalue weighted by Crippen LogP contribution is -2.53. The van der Waals surface area contributed by atoms with Gasteiger partial charge < -0.3 is 15.8 Å². The molecule has 0 unspecified atom stereocenters. The van der Waals surface area contributed by atoms with Crippen LogP contribution in [0.1, 0.15) is 17.7 Å². The van der Waals surface area contributed by atoms with Crippen molar-refractivity contribution in [2.45, 2.75) is 18.4 Å². The number of nitrogens with two attached hydrogens (primary N) is 1. The van der Waals surface area contributed by atoms with Gasteiger partial charge in [-0.05, 0) is 36.0 Å². The molecule has 4 nitrogen and oxygen atoms in total. The van der Waals surface area contributed by atoms with E-state index in [-0.39, 0.29) is 24.0 Å². The predicted octanol–water partition coefficient (Wildman–Crippen LogP) is 0.826. The zero-order chi connectivity index (χ0) is 13.6. The standard InChI is InChI=1S/C15H18N2O2/c1-2-11-10-5-9(8-18)7-15(11,16)12-3-4-14(19)17-13(12)6-10/h2-5,10-11,18H,1,6-8,16H2,(H,17,19)/t10-,11+,15+/m0/s1. The van der Waals surface area contributed by atoms with E-state index in [1.54, 1.807) is 0 Å². The maximum absolute atomic E-state index is 11.5. The molecule has 19 heavy (non-hydrogen) atoms. The zero-order valence-corrected chi connectivity index (χ0v) is 10.7. The van der Waals surface area contributed by atoms with Crippen LogP contribution in [0, 0.1) is 11.8 Å². The Hall–Kier alpha value is -1.65. The summed E-state index contributed by atoms with van der Waals surface area (Å²) < 4.78 is 0. The van der Waals surface area contributed by atoms with E-state index in [4.69, 9.17) is 5.73 Å². The summed E-state index contributed by atoms with van der Waals surface area (Å²) in [6.07, 6.45) is 5.34. The van der Waals surface area contributed by atoms with Crippen LogP contribution in [-0.4, -0.2) is 16.7 Å².